The fraction of sp³-hybridized carbons (Fsp3) is 0.514. The Morgan fingerprint density at radius 3 is 2.26 bits per heavy atom. The number of amides is 1. The molecule has 8 heteroatoms. The Morgan fingerprint density at radius 1 is 0.930 bits per heavy atom. The maximum atomic E-state index is 13.1. The van der Waals surface area contributed by atoms with E-state index in [9.17, 15) is 14.4 Å². The summed E-state index contributed by atoms with van der Waals surface area (Å²) in [6.07, 6.45) is 7.29. The van der Waals surface area contributed by atoms with Gasteiger partial charge in [0.2, 0.25) is 0 Å². The first-order valence-corrected chi connectivity index (χ1v) is 15.1. The first kappa shape index (κ1) is 33.8. The van der Waals surface area contributed by atoms with Crippen molar-refractivity contribution >= 4 is 18.0 Å². The van der Waals surface area contributed by atoms with Gasteiger partial charge in [0.05, 0.1) is 19.8 Å². The number of nitrogens with zero attached hydrogens (tertiary/aromatic N) is 1. The minimum atomic E-state index is -0.733. The molecule has 1 saturated heterocycles. The molecule has 1 unspecified atom stereocenters. The lowest BCUT2D eigenvalue weighted by atomic mass is 9.95. The Morgan fingerprint density at radius 2 is 1.58 bits per heavy atom. The van der Waals surface area contributed by atoms with Gasteiger partial charge >= 0.3 is 18.0 Å². The molecule has 0 aliphatic carbocycles. The zero-order valence-corrected chi connectivity index (χ0v) is 26.5. The predicted molar refractivity (Wildman–Crippen MR) is 165 cm³/mol. The molecule has 0 aromatic heterocycles. The zero-order chi connectivity index (χ0) is 31.5. The van der Waals surface area contributed by atoms with E-state index in [1.165, 1.54) is 18.2 Å². The fourth-order valence-corrected chi connectivity index (χ4v) is 5.19. The monoisotopic (exact) mass is 593 g/mol. The molecule has 3 rings (SSSR count). The molecule has 1 heterocycles. The third kappa shape index (κ3) is 10.5. The minimum absolute atomic E-state index is 0.0631. The van der Waals surface area contributed by atoms with Crippen molar-refractivity contribution in [1.29, 1.82) is 0 Å². The molecule has 0 spiro atoms. The molecule has 0 N–H and O–H groups in total. The summed E-state index contributed by atoms with van der Waals surface area (Å²) in [5.74, 6) is -1.36. The predicted octanol–water partition coefficient (Wildman–Crippen LogP) is 6.94. The lowest BCUT2D eigenvalue weighted by molar-refractivity contribution is -0.146. The van der Waals surface area contributed by atoms with E-state index in [-0.39, 0.29) is 24.3 Å². The number of hydrogen-bond donors (Lipinski definition) is 0. The molecule has 0 bridgehead atoms. The molecule has 234 valence electrons. The van der Waals surface area contributed by atoms with Gasteiger partial charge in [-0.2, -0.15) is 0 Å². The molecule has 2 aromatic rings. The molecule has 43 heavy (non-hydrogen) atoms. The Kier molecular flexibility index (Phi) is 12.4. The molecule has 1 aliphatic rings. The van der Waals surface area contributed by atoms with E-state index in [1.54, 1.807) is 11.0 Å². The van der Waals surface area contributed by atoms with Crippen molar-refractivity contribution in [2.75, 3.05) is 13.7 Å². The Balaban J connectivity index is 1.49. The SMILES string of the molecule is COC(=O)/C(=C\CCCCCCc1ccccc1CC1COC(C)(C)N1C(=O)OC(C)(C)C)C(=O)OCc1ccccc1. The van der Waals surface area contributed by atoms with Crippen LogP contribution in [0.5, 0.6) is 0 Å². The van der Waals surface area contributed by atoms with Crippen molar-refractivity contribution < 1.29 is 33.3 Å². The number of unbranched alkanes of at least 4 members (excludes halogenated alkanes) is 4. The fourth-order valence-electron chi connectivity index (χ4n) is 5.19. The summed E-state index contributed by atoms with van der Waals surface area (Å²) in [6.45, 7) is 9.97. The van der Waals surface area contributed by atoms with Crippen LogP contribution in [-0.4, -0.2) is 54.0 Å². The average Bonchev–Trinajstić information content (AvgIpc) is 3.26. The number of aryl methyl sites for hydroxylation is 1. The highest BCUT2D eigenvalue weighted by Crippen LogP contribution is 2.32. The molecule has 1 atom stereocenters. The van der Waals surface area contributed by atoms with Gasteiger partial charge in [-0.05, 0) is 83.4 Å². The first-order chi connectivity index (χ1) is 20.4. The number of allylic oxidation sites excluding steroid dienone is 1. The third-order valence-electron chi connectivity index (χ3n) is 7.33. The van der Waals surface area contributed by atoms with Crippen LogP contribution in [0.4, 0.5) is 4.79 Å². The number of benzene rings is 2. The van der Waals surface area contributed by atoms with Gasteiger partial charge in [0, 0.05) is 0 Å². The lowest BCUT2D eigenvalue weighted by Gasteiger charge is -2.35. The van der Waals surface area contributed by atoms with Crippen molar-refractivity contribution in [2.45, 2.75) is 104 Å². The summed E-state index contributed by atoms with van der Waals surface area (Å²) in [5.41, 5.74) is 1.95. The van der Waals surface area contributed by atoms with Crippen LogP contribution >= 0.6 is 0 Å². The van der Waals surface area contributed by atoms with E-state index in [4.69, 9.17) is 18.9 Å². The van der Waals surface area contributed by atoms with E-state index >= 15 is 0 Å². The number of carbonyl (C=O) groups is 3. The first-order valence-electron chi connectivity index (χ1n) is 15.1. The smallest absolute Gasteiger partial charge is 0.412 e. The molecular weight excluding hydrogens is 546 g/mol. The molecule has 8 nitrogen and oxygen atoms in total. The van der Waals surface area contributed by atoms with Crippen LogP contribution < -0.4 is 0 Å². The molecule has 1 fully saturated rings. The van der Waals surface area contributed by atoms with Crippen LogP contribution in [0.1, 0.15) is 83.4 Å². The topological polar surface area (TPSA) is 91.4 Å². The largest absolute Gasteiger partial charge is 0.465 e. The van der Waals surface area contributed by atoms with Crippen molar-refractivity contribution in [2.24, 2.45) is 0 Å². The average molecular weight is 594 g/mol. The molecule has 1 aliphatic heterocycles. The van der Waals surface area contributed by atoms with Gasteiger partial charge in [-0.1, -0.05) is 73.5 Å². The van der Waals surface area contributed by atoms with Crippen molar-refractivity contribution in [3.8, 4) is 0 Å². The van der Waals surface area contributed by atoms with Crippen LogP contribution in [0.2, 0.25) is 0 Å². The van der Waals surface area contributed by atoms with E-state index in [1.807, 2.05) is 71.0 Å². The molecule has 0 saturated carbocycles. The van der Waals surface area contributed by atoms with Crippen molar-refractivity contribution in [3.63, 3.8) is 0 Å². The zero-order valence-electron chi connectivity index (χ0n) is 26.5. The number of carbonyl (C=O) groups excluding carboxylic acids is 3. The van der Waals surface area contributed by atoms with Gasteiger partial charge in [0.1, 0.15) is 23.5 Å². The summed E-state index contributed by atoms with van der Waals surface area (Å²) in [6, 6.07) is 17.6. The van der Waals surface area contributed by atoms with Crippen LogP contribution in [0, 0.1) is 0 Å². The van der Waals surface area contributed by atoms with Crippen LogP contribution in [0.15, 0.2) is 66.2 Å². The van der Waals surface area contributed by atoms with Gasteiger partial charge in [0.25, 0.3) is 0 Å². The van der Waals surface area contributed by atoms with Crippen molar-refractivity contribution in [1.82, 2.24) is 4.90 Å². The summed E-state index contributed by atoms with van der Waals surface area (Å²) >= 11 is 0. The lowest BCUT2D eigenvalue weighted by Crippen LogP contribution is -2.50. The van der Waals surface area contributed by atoms with Gasteiger partial charge in [-0.15, -0.1) is 0 Å². The van der Waals surface area contributed by atoms with Gasteiger partial charge in [-0.3, -0.25) is 4.90 Å². The maximum Gasteiger partial charge on any atom is 0.412 e. The van der Waals surface area contributed by atoms with Gasteiger partial charge in [-0.25, -0.2) is 14.4 Å². The van der Waals surface area contributed by atoms with Crippen molar-refractivity contribution in [3.05, 3.63) is 82.9 Å². The molecule has 1 amide bonds. The van der Waals surface area contributed by atoms with Gasteiger partial charge < -0.3 is 18.9 Å². The highest BCUT2D eigenvalue weighted by molar-refractivity contribution is 6.13. The number of hydrogen-bond acceptors (Lipinski definition) is 7. The summed E-state index contributed by atoms with van der Waals surface area (Å²) in [7, 11) is 1.26. The van der Waals surface area contributed by atoms with Crippen LogP contribution in [-0.2, 0) is 48.0 Å². The Hall–Kier alpha value is -3.65. The van der Waals surface area contributed by atoms with Gasteiger partial charge in [0.15, 0.2) is 0 Å². The van der Waals surface area contributed by atoms with E-state index in [2.05, 4.69) is 18.2 Å². The molecular formula is C35H47NO7. The normalized spacial score (nSPS) is 16.6. The number of esters is 2. The van der Waals surface area contributed by atoms with E-state index < -0.39 is 23.3 Å². The van der Waals surface area contributed by atoms with E-state index in [0.29, 0.717) is 19.4 Å². The Bertz CT molecular complexity index is 1250. The minimum Gasteiger partial charge on any atom is -0.465 e. The quantitative estimate of drug-likeness (QED) is 0.0621. The summed E-state index contributed by atoms with van der Waals surface area (Å²) in [4.78, 5) is 39.5. The maximum absolute atomic E-state index is 13.1. The second kappa shape index (κ2) is 15.7. The van der Waals surface area contributed by atoms with Crippen LogP contribution in [0.3, 0.4) is 0 Å². The molecule has 2 aromatic carbocycles. The number of ether oxygens (including phenoxy) is 4. The number of rotatable bonds is 13. The third-order valence-corrected chi connectivity index (χ3v) is 7.33. The molecule has 0 radical (unpaired) electrons. The van der Waals surface area contributed by atoms with Crippen LogP contribution in [0.25, 0.3) is 0 Å². The summed E-state index contributed by atoms with van der Waals surface area (Å²) in [5, 5.41) is 0. The highest BCUT2D eigenvalue weighted by Gasteiger charge is 2.45. The number of methoxy groups -OCH3 is 1. The standard InChI is InChI=1S/C35H47NO7/c1-34(2,3)43-33(39)36-29(25-42-35(36,4)5)23-28-21-16-15-20-27(28)19-13-8-7-9-14-22-30(31(37)40-6)32(38)41-24-26-17-11-10-12-18-26/h10-12,15-18,20-22,29H,7-9,13-14,19,23-25H2,1-6H3/b30-22+. The highest BCUT2D eigenvalue weighted by atomic mass is 16.6. The van der Waals surface area contributed by atoms with E-state index in [0.717, 1.165) is 37.7 Å². The second-order valence-electron chi connectivity index (χ2n) is 12.4. The Labute approximate surface area is 256 Å². The second-order valence-corrected chi connectivity index (χ2v) is 12.4. The summed E-state index contributed by atoms with van der Waals surface area (Å²) < 4.78 is 21.8.